The van der Waals surface area contributed by atoms with Crippen molar-refractivity contribution in [3.05, 3.63) is 101 Å². The predicted octanol–water partition coefficient (Wildman–Crippen LogP) is 4.28. The number of benzene rings is 1. The molecule has 5 heterocycles. The highest BCUT2D eigenvalue weighted by Gasteiger charge is 2.25. The van der Waals surface area contributed by atoms with Crippen molar-refractivity contribution < 1.29 is 19.0 Å². The third-order valence-electron chi connectivity index (χ3n) is 7.80. The van der Waals surface area contributed by atoms with Gasteiger partial charge in [-0.3, -0.25) is 4.90 Å². The fourth-order valence-corrected chi connectivity index (χ4v) is 5.36. The number of aryl methyl sites for hydroxylation is 1. The second kappa shape index (κ2) is 12.0. The number of aromatic carboxylic acids is 1. The van der Waals surface area contributed by atoms with Gasteiger partial charge in [0, 0.05) is 36.5 Å². The van der Waals surface area contributed by atoms with E-state index in [-0.39, 0.29) is 23.8 Å². The maximum atomic E-state index is 14.3. The lowest BCUT2D eigenvalue weighted by Crippen LogP contribution is -2.33. The molecule has 0 amide bonds. The molecule has 0 atom stereocenters. The normalized spacial score (nSPS) is 14.2. The minimum atomic E-state index is -1.08. The molecule has 43 heavy (non-hydrogen) atoms. The van der Waals surface area contributed by atoms with Crippen molar-refractivity contribution in [3.63, 3.8) is 0 Å². The van der Waals surface area contributed by atoms with Crippen LogP contribution in [0.3, 0.4) is 0 Å². The summed E-state index contributed by atoms with van der Waals surface area (Å²) in [5, 5.41) is 18.4. The first-order valence-corrected chi connectivity index (χ1v) is 13.9. The molecule has 6 rings (SSSR count). The molecule has 5 aromatic rings. The Labute approximate surface area is 246 Å². The van der Waals surface area contributed by atoms with Gasteiger partial charge in [0.25, 0.3) is 0 Å². The van der Waals surface area contributed by atoms with E-state index < -0.39 is 11.8 Å². The Morgan fingerprint density at radius 1 is 1.12 bits per heavy atom. The third kappa shape index (κ3) is 6.07. The number of aromatic nitrogens is 6. The zero-order valence-corrected chi connectivity index (χ0v) is 23.5. The van der Waals surface area contributed by atoms with E-state index in [1.165, 1.54) is 12.1 Å². The quantitative estimate of drug-likeness (QED) is 0.271. The van der Waals surface area contributed by atoms with Crippen LogP contribution in [0.5, 0.6) is 5.88 Å². The number of carboxylic acid groups (broad SMARTS) is 1. The fourth-order valence-electron chi connectivity index (χ4n) is 5.36. The number of carboxylic acids is 1. The summed E-state index contributed by atoms with van der Waals surface area (Å²) in [6.07, 6.45) is 5.30. The number of hydrogen-bond donors (Lipinski definition) is 1. The molecule has 12 heteroatoms. The summed E-state index contributed by atoms with van der Waals surface area (Å²) in [7, 11) is 1.92. The van der Waals surface area contributed by atoms with E-state index >= 15 is 0 Å². The van der Waals surface area contributed by atoms with Crippen LogP contribution in [0.2, 0.25) is 0 Å². The lowest BCUT2D eigenvalue weighted by Gasteiger charge is -2.31. The van der Waals surface area contributed by atoms with Gasteiger partial charge < -0.3 is 19.0 Å². The summed E-state index contributed by atoms with van der Waals surface area (Å²) < 4.78 is 23.9. The number of pyridine rings is 2. The minimum Gasteiger partial charge on any atom is -0.477 e. The van der Waals surface area contributed by atoms with Crippen molar-refractivity contribution in [1.82, 2.24) is 34.0 Å². The molecular formula is C31H29FN8O3. The van der Waals surface area contributed by atoms with Crippen molar-refractivity contribution in [2.75, 3.05) is 13.1 Å². The Morgan fingerprint density at radius 2 is 1.95 bits per heavy atom. The Balaban J connectivity index is 1.13. The van der Waals surface area contributed by atoms with E-state index in [4.69, 9.17) is 20.0 Å². The van der Waals surface area contributed by atoms with E-state index in [9.17, 15) is 14.3 Å². The molecule has 4 aromatic heterocycles. The smallest absolute Gasteiger partial charge is 0.354 e. The van der Waals surface area contributed by atoms with Crippen LogP contribution < -0.4 is 4.74 Å². The summed E-state index contributed by atoms with van der Waals surface area (Å²) in [5.74, 6) is -0.0635. The van der Waals surface area contributed by atoms with Crippen LogP contribution in [0.4, 0.5) is 4.39 Å². The molecule has 1 fully saturated rings. The molecule has 1 aliphatic rings. The number of carbonyl (C=O) groups is 1. The first-order valence-electron chi connectivity index (χ1n) is 13.9. The number of nitrogens with zero attached hydrogens (tertiary/aromatic N) is 8. The lowest BCUT2D eigenvalue weighted by molar-refractivity contribution is 0.0691. The number of fused-ring (bicyclic) bond motifs is 1. The van der Waals surface area contributed by atoms with Crippen molar-refractivity contribution in [3.8, 4) is 11.9 Å². The maximum absolute atomic E-state index is 14.3. The molecule has 0 unspecified atom stereocenters. The van der Waals surface area contributed by atoms with Crippen LogP contribution >= 0.6 is 0 Å². The molecule has 1 saturated heterocycles. The molecule has 0 saturated carbocycles. The highest BCUT2D eigenvalue weighted by molar-refractivity contribution is 5.88. The van der Waals surface area contributed by atoms with E-state index in [1.807, 2.05) is 34.4 Å². The summed E-state index contributed by atoms with van der Waals surface area (Å²) in [6, 6.07) is 15.1. The summed E-state index contributed by atoms with van der Waals surface area (Å²) in [6.45, 7) is 2.75. The van der Waals surface area contributed by atoms with Gasteiger partial charge in [-0.1, -0.05) is 12.1 Å². The molecule has 1 aromatic carbocycles. The molecule has 0 radical (unpaired) electrons. The van der Waals surface area contributed by atoms with E-state index in [2.05, 4.69) is 14.9 Å². The number of halogens is 1. The number of nitriles is 1. The third-order valence-corrected chi connectivity index (χ3v) is 7.80. The predicted molar refractivity (Wildman–Crippen MR) is 154 cm³/mol. The fraction of sp³-hybridized carbons (Fsp3) is 0.290. The standard InChI is InChI=1S/C31H29FN8O3/c1-38-19-34-15-23(38)16-40-28(35-26-7-8-27(31(41)42)37-30(26)40)17-39-11-9-21(10-12-39)25-3-2-4-29(36-25)43-18-22-6-5-20(14-33)13-24(22)32/h2-8,13,15,19,21H,9-12,16-18H2,1H3,(H,41,42). The van der Waals surface area contributed by atoms with Crippen molar-refractivity contribution in [2.24, 2.45) is 7.05 Å². The number of ether oxygens (including phenoxy) is 1. The number of piperidine rings is 1. The van der Waals surface area contributed by atoms with Crippen LogP contribution in [-0.2, 0) is 26.7 Å². The molecule has 0 bridgehead atoms. The molecule has 11 nitrogen and oxygen atoms in total. The minimum absolute atomic E-state index is 0.0215. The average molecular weight is 581 g/mol. The highest BCUT2D eigenvalue weighted by atomic mass is 19.1. The Hall–Kier alpha value is -5.15. The molecule has 1 aliphatic heterocycles. The maximum Gasteiger partial charge on any atom is 0.354 e. The van der Waals surface area contributed by atoms with Gasteiger partial charge in [-0.05, 0) is 56.3 Å². The highest BCUT2D eigenvalue weighted by Crippen LogP contribution is 2.29. The SMILES string of the molecule is Cn1cncc1Cn1c(CN2CCC(c3cccc(OCc4ccc(C#N)cc4F)n3)CC2)nc2ccc(C(=O)O)nc21. The average Bonchev–Trinajstić information content (AvgIpc) is 3.58. The van der Waals surface area contributed by atoms with E-state index in [0.717, 1.165) is 43.1 Å². The van der Waals surface area contributed by atoms with Gasteiger partial charge >= 0.3 is 5.97 Å². The van der Waals surface area contributed by atoms with Gasteiger partial charge in [-0.15, -0.1) is 0 Å². The van der Waals surface area contributed by atoms with Crippen molar-refractivity contribution in [1.29, 1.82) is 5.26 Å². The van der Waals surface area contributed by atoms with Crippen LogP contribution in [-0.4, -0.2) is 58.1 Å². The van der Waals surface area contributed by atoms with Gasteiger partial charge in [0.05, 0.1) is 36.7 Å². The van der Waals surface area contributed by atoms with Crippen LogP contribution in [0.1, 0.15) is 57.6 Å². The van der Waals surface area contributed by atoms with Crippen LogP contribution in [0, 0.1) is 17.1 Å². The molecule has 0 aliphatic carbocycles. The van der Waals surface area contributed by atoms with Gasteiger partial charge in [0.1, 0.15) is 23.8 Å². The molecule has 0 spiro atoms. The second-order valence-electron chi connectivity index (χ2n) is 10.6. The Morgan fingerprint density at radius 3 is 2.67 bits per heavy atom. The van der Waals surface area contributed by atoms with Gasteiger partial charge in [0.2, 0.25) is 5.88 Å². The topological polar surface area (TPSA) is 135 Å². The van der Waals surface area contributed by atoms with E-state index in [0.29, 0.717) is 35.7 Å². The first-order chi connectivity index (χ1) is 20.9. The van der Waals surface area contributed by atoms with Crippen molar-refractivity contribution >= 4 is 17.1 Å². The lowest BCUT2D eigenvalue weighted by atomic mass is 9.93. The summed E-state index contributed by atoms with van der Waals surface area (Å²) >= 11 is 0. The Bertz CT molecular complexity index is 1830. The van der Waals surface area contributed by atoms with Gasteiger partial charge in [-0.25, -0.2) is 29.1 Å². The molecular weight excluding hydrogens is 551 g/mol. The van der Waals surface area contributed by atoms with Gasteiger partial charge in [-0.2, -0.15) is 5.26 Å². The number of likely N-dealkylation sites (tertiary alicyclic amines) is 1. The largest absolute Gasteiger partial charge is 0.477 e. The first kappa shape index (κ1) is 28.0. The number of hydrogen-bond acceptors (Lipinski definition) is 8. The number of rotatable bonds is 9. The summed E-state index contributed by atoms with van der Waals surface area (Å²) in [5.41, 5.74) is 3.69. The monoisotopic (exact) mass is 580 g/mol. The molecule has 218 valence electrons. The van der Waals surface area contributed by atoms with Crippen molar-refractivity contribution in [2.45, 2.75) is 38.5 Å². The zero-order chi connectivity index (χ0) is 29.9. The summed E-state index contributed by atoms with van der Waals surface area (Å²) in [4.78, 5) is 32.1. The van der Waals surface area contributed by atoms with Gasteiger partial charge in [0.15, 0.2) is 11.3 Å². The van der Waals surface area contributed by atoms with E-state index in [1.54, 1.807) is 36.8 Å². The molecule has 1 N–H and O–H groups in total. The number of imidazole rings is 2. The second-order valence-corrected chi connectivity index (χ2v) is 10.6. The van der Waals surface area contributed by atoms with Crippen LogP contribution in [0.25, 0.3) is 11.2 Å². The zero-order valence-electron chi connectivity index (χ0n) is 23.5. The van der Waals surface area contributed by atoms with Crippen LogP contribution in [0.15, 0.2) is 61.1 Å². The Kier molecular flexibility index (Phi) is 7.81.